The summed E-state index contributed by atoms with van der Waals surface area (Å²) in [5.41, 5.74) is 3.68. The number of para-hydroxylation sites is 2. The van der Waals surface area contributed by atoms with Gasteiger partial charge in [0, 0.05) is 31.8 Å². The number of piperidine rings is 1. The molecule has 1 amide bonds. The van der Waals surface area contributed by atoms with Gasteiger partial charge in [-0.25, -0.2) is 4.98 Å². The summed E-state index contributed by atoms with van der Waals surface area (Å²) in [5, 5.41) is 4.17. The number of aromatic nitrogens is 1. The molecule has 2 aromatic carbocycles. The van der Waals surface area contributed by atoms with Gasteiger partial charge in [0.1, 0.15) is 11.3 Å². The van der Waals surface area contributed by atoms with Crippen LogP contribution in [0.15, 0.2) is 58.1 Å². The number of likely N-dealkylation sites (tertiary alicyclic amines) is 1. The molecule has 0 N–H and O–H groups in total. The summed E-state index contributed by atoms with van der Waals surface area (Å²) in [7, 11) is 1.65. The lowest BCUT2D eigenvalue weighted by atomic mass is 9.96. The van der Waals surface area contributed by atoms with Gasteiger partial charge in [0.25, 0.3) is 5.91 Å². The van der Waals surface area contributed by atoms with Crippen LogP contribution in [0.2, 0.25) is 0 Å². The van der Waals surface area contributed by atoms with Crippen molar-refractivity contribution in [2.45, 2.75) is 37.7 Å². The second-order valence-electron chi connectivity index (χ2n) is 8.10. The molecule has 1 fully saturated rings. The SMILES string of the molecule is COc1cccc(CC2=NOC(C(=O)N3CCC(c4nc5ccccc5o4)CC3)C2)c1. The Morgan fingerprint density at radius 1 is 1.16 bits per heavy atom. The van der Waals surface area contributed by atoms with E-state index in [4.69, 9.17) is 14.0 Å². The van der Waals surface area contributed by atoms with Gasteiger partial charge in [-0.2, -0.15) is 0 Å². The lowest BCUT2D eigenvalue weighted by Gasteiger charge is -2.31. The van der Waals surface area contributed by atoms with Crippen LogP contribution >= 0.6 is 0 Å². The number of rotatable bonds is 5. The highest BCUT2D eigenvalue weighted by molar-refractivity contribution is 5.94. The van der Waals surface area contributed by atoms with Crippen LogP contribution in [0.5, 0.6) is 5.75 Å². The van der Waals surface area contributed by atoms with E-state index in [0.29, 0.717) is 25.9 Å². The van der Waals surface area contributed by atoms with Crippen molar-refractivity contribution in [3.63, 3.8) is 0 Å². The van der Waals surface area contributed by atoms with Crippen LogP contribution in [0.25, 0.3) is 11.1 Å². The summed E-state index contributed by atoms with van der Waals surface area (Å²) < 4.78 is 11.2. The van der Waals surface area contributed by atoms with Gasteiger partial charge in [-0.05, 0) is 42.7 Å². The lowest BCUT2D eigenvalue weighted by Crippen LogP contribution is -2.43. The maximum Gasteiger partial charge on any atom is 0.266 e. The van der Waals surface area contributed by atoms with Crippen molar-refractivity contribution >= 4 is 22.7 Å². The number of amides is 1. The maximum atomic E-state index is 13.0. The highest BCUT2D eigenvalue weighted by Gasteiger charge is 2.34. The van der Waals surface area contributed by atoms with Crippen molar-refractivity contribution < 1.29 is 18.8 Å². The van der Waals surface area contributed by atoms with E-state index in [1.807, 2.05) is 53.4 Å². The van der Waals surface area contributed by atoms with E-state index in [1.165, 1.54) is 0 Å². The van der Waals surface area contributed by atoms with Crippen molar-refractivity contribution in [3.8, 4) is 5.75 Å². The fourth-order valence-electron chi connectivity index (χ4n) is 4.30. The molecule has 1 atom stereocenters. The largest absolute Gasteiger partial charge is 0.497 e. The van der Waals surface area contributed by atoms with Gasteiger partial charge in [-0.1, -0.05) is 29.4 Å². The number of benzene rings is 2. The first-order valence-electron chi connectivity index (χ1n) is 10.7. The third-order valence-electron chi connectivity index (χ3n) is 6.01. The molecule has 31 heavy (non-hydrogen) atoms. The van der Waals surface area contributed by atoms with Crippen LogP contribution in [-0.2, 0) is 16.1 Å². The highest BCUT2D eigenvalue weighted by atomic mass is 16.6. The summed E-state index contributed by atoms with van der Waals surface area (Å²) in [6.45, 7) is 1.35. The number of ether oxygens (including phenoxy) is 1. The van der Waals surface area contributed by atoms with Crippen LogP contribution in [0.1, 0.15) is 36.6 Å². The first-order chi connectivity index (χ1) is 15.2. The molecule has 1 unspecified atom stereocenters. The maximum absolute atomic E-state index is 13.0. The molecular weight excluding hydrogens is 394 g/mol. The predicted octanol–water partition coefficient (Wildman–Crippen LogP) is 3.93. The molecule has 0 spiro atoms. The zero-order valence-electron chi connectivity index (χ0n) is 17.5. The number of fused-ring (bicyclic) bond motifs is 1. The summed E-state index contributed by atoms with van der Waals surface area (Å²) in [6.07, 6.45) is 2.33. The van der Waals surface area contributed by atoms with Crippen LogP contribution in [0, 0.1) is 0 Å². The lowest BCUT2D eigenvalue weighted by molar-refractivity contribution is -0.143. The minimum Gasteiger partial charge on any atom is -0.497 e. The Morgan fingerprint density at radius 3 is 2.81 bits per heavy atom. The molecule has 7 heteroatoms. The van der Waals surface area contributed by atoms with Crippen molar-refractivity contribution in [2.24, 2.45) is 5.16 Å². The zero-order valence-corrected chi connectivity index (χ0v) is 17.5. The molecule has 0 radical (unpaired) electrons. The number of carbonyl (C=O) groups is 1. The van der Waals surface area contributed by atoms with Crippen LogP contribution in [-0.4, -0.2) is 47.8 Å². The Kier molecular flexibility index (Phi) is 5.32. The van der Waals surface area contributed by atoms with Gasteiger partial charge >= 0.3 is 0 Å². The van der Waals surface area contributed by atoms with Gasteiger partial charge in [-0.3, -0.25) is 4.79 Å². The Labute approximate surface area is 180 Å². The number of hydrogen-bond donors (Lipinski definition) is 0. The molecule has 0 aliphatic carbocycles. The van der Waals surface area contributed by atoms with Gasteiger partial charge in [0.15, 0.2) is 11.5 Å². The first-order valence-corrected chi connectivity index (χ1v) is 10.7. The van der Waals surface area contributed by atoms with E-state index in [0.717, 1.165) is 46.9 Å². The predicted molar refractivity (Wildman–Crippen MR) is 116 cm³/mol. The molecule has 2 aliphatic rings. The minimum atomic E-state index is -0.526. The summed E-state index contributed by atoms with van der Waals surface area (Å²) in [5.74, 6) is 1.84. The van der Waals surface area contributed by atoms with E-state index in [1.54, 1.807) is 7.11 Å². The minimum absolute atomic E-state index is 0.0143. The molecule has 3 aromatic rings. The molecule has 0 bridgehead atoms. The van der Waals surface area contributed by atoms with Crippen molar-refractivity contribution in [3.05, 3.63) is 60.0 Å². The van der Waals surface area contributed by atoms with Gasteiger partial charge < -0.3 is 18.9 Å². The van der Waals surface area contributed by atoms with Crippen LogP contribution < -0.4 is 4.74 Å². The third kappa shape index (κ3) is 4.13. The summed E-state index contributed by atoms with van der Waals surface area (Å²) >= 11 is 0. The number of nitrogens with zero attached hydrogens (tertiary/aromatic N) is 3. The van der Waals surface area contributed by atoms with Crippen LogP contribution in [0.4, 0.5) is 0 Å². The van der Waals surface area contributed by atoms with E-state index in [-0.39, 0.29) is 11.8 Å². The number of methoxy groups -OCH3 is 1. The Balaban J connectivity index is 1.15. The molecule has 1 saturated heterocycles. The fourth-order valence-corrected chi connectivity index (χ4v) is 4.30. The number of oxime groups is 1. The van der Waals surface area contributed by atoms with Crippen LogP contribution in [0.3, 0.4) is 0 Å². The van der Waals surface area contributed by atoms with Crippen molar-refractivity contribution in [1.82, 2.24) is 9.88 Å². The van der Waals surface area contributed by atoms with Gasteiger partial charge in [0.05, 0.1) is 12.8 Å². The topological polar surface area (TPSA) is 77.2 Å². The van der Waals surface area contributed by atoms with E-state index < -0.39 is 6.10 Å². The van der Waals surface area contributed by atoms with E-state index in [2.05, 4.69) is 10.1 Å². The monoisotopic (exact) mass is 419 g/mol. The van der Waals surface area contributed by atoms with Crippen molar-refractivity contribution in [1.29, 1.82) is 0 Å². The van der Waals surface area contributed by atoms with Crippen molar-refractivity contribution in [2.75, 3.05) is 20.2 Å². The normalized spacial score (nSPS) is 19.3. The molecule has 160 valence electrons. The standard InChI is InChI=1S/C24H25N3O4/c1-29-19-6-4-5-16(14-19)13-18-15-22(31-26-18)24(28)27-11-9-17(10-12-27)23-25-20-7-2-3-8-21(20)30-23/h2-8,14,17,22H,9-13,15H2,1H3. The Morgan fingerprint density at radius 2 is 2.00 bits per heavy atom. The smallest absolute Gasteiger partial charge is 0.266 e. The Bertz CT molecular complexity index is 1080. The summed E-state index contributed by atoms with van der Waals surface area (Å²) in [4.78, 5) is 25.0. The number of hydrogen-bond acceptors (Lipinski definition) is 6. The zero-order chi connectivity index (χ0) is 21.2. The molecular formula is C24H25N3O4. The number of oxazole rings is 1. The van der Waals surface area contributed by atoms with Gasteiger partial charge in [-0.15, -0.1) is 0 Å². The highest BCUT2D eigenvalue weighted by Crippen LogP contribution is 2.30. The fraction of sp³-hybridized carbons (Fsp3) is 0.375. The average molecular weight is 419 g/mol. The molecule has 5 rings (SSSR count). The second kappa shape index (κ2) is 8.41. The number of carbonyl (C=O) groups excluding carboxylic acids is 1. The molecule has 2 aliphatic heterocycles. The summed E-state index contributed by atoms with van der Waals surface area (Å²) in [6, 6.07) is 15.7. The van der Waals surface area contributed by atoms with Gasteiger partial charge in [0.2, 0.25) is 6.10 Å². The molecule has 1 aromatic heterocycles. The third-order valence-corrected chi connectivity index (χ3v) is 6.01. The second-order valence-corrected chi connectivity index (χ2v) is 8.10. The van der Waals surface area contributed by atoms with E-state index >= 15 is 0 Å². The molecule has 3 heterocycles. The average Bonchev–Trinajstić information content (AvgIpc) is 3.46. The Hall–Kier alpha value is -3.35. The quantitative estimate of drug-likeness (QED) is 0.626. The molecule has 7 nitrogen and oxygen atoms in total. The molecule has 0 saturated carbocycles. The first kappa shape index (κ1) is 19.6. The van der Waals surface area contributed by atoms with E-state index in [9.17, 15) is 4.79 Å².